The Hall–Kier alpha value is -1.52. The molecule has 3 rings (SSSR count). The summed E-state index contributed by atoms with van der Waals surface area (Å²) in [5, 5.41) is 9.74. The maximum Gasteiger partial charge on any atom is 0.128 e. The lowest BCUT2D eigenvalue weighted by Crippen LogP contribution is -2.11. The number of thioether (sulfide) groups is 1. The van der Waals surface area contributed by atoms with E-state index in [1.807, 2.05) is 23.9 Å². The largest absolute Gasteiger partial charge is 0.492 e. The Kier molecular flexibility index (Phi) is 4.17. The van der Waals surface area contributed by atoms with Crippen LogP contribution in [0.5, 0.6) is 5.75 Å². The van der Waals surface area contributed by atoms with Crippen molar-refractivity contribution in [2.75, 3.05) is 12.4 Å². The van der Waals surface area contributed by atoms with E-state index in [0.29, 0.717) is 23.8 Å². The van der Waals surface area contributed by atoms with E-state index >= 15 is 0 Å². The predicted octanol–water partition coefficient (Wildman–Crippen LogP) is 4.15. The van der Waals surface area contributed by atoms with E-state index in [0.717, 1.165) is 5.75 Å². The van der Waals surface area contributed by atoms with Crippen LogP contribution in [0.3, 0.4) is 0 Å². The minimum atomic E-state index is -0.675. The van der Waals surface area contributed by atoms with Crippen molar-refractivity contribution in [1.82, 2.24) is 0 Å². The monoisotopic (exact) mass is 304 g/mol. The van der Waals surface area contributed by atoms with E-state index in [1.54, 1.807) is 13.0 Å². The van der Waals surface area contributed by atoms with Gasteiger partial charge in [0, 0.05) is 28.2 Å². The second-order valence-corrected chi connectivity index (χ2v) is 6.28. The first-order valence-electron chi connectivity index (χ1n) is 6.97. The van der Waals surface area contributed by atoms with Crippen LogP contribution in [-0.2, 0) is 0 Å². The molecule has 4 heteroatoms. The third-order valence-electron chi connectivity index (χ3n) is 3.66. The Morgan fingerprint density at radius 2 is 2.14 bits per heavy atom. The SMILES string of the molecule is CC(O)c1ccc(F)cc1OCC1CSc2ccccc21. The van der Waals surface area contributed by atoms with Crippen molar-refractivity contribution in [1.29, 1.82) is 0 Å². The lowest BCUT2D eigenvalue weighted by Gasteiger charge is -2.16. The lowest BCUT2D eigenvalue weighted by molar-refractivity contribution is 0.190. The normalized spacial score (nSPS) is 18.3. The summed E-state index contributed by atoms with van der Waals surface area (Å²) in [6.45, 7) is 2.15. The summed E-state index contributed by atoms with van der Waals surface area (Å²) in [5.74, 6) is 1.35. The van der Waals surface area contributed by atoms with Crippen LogP contribution in [0.15, 0.2) is 47.4 Å². The number of halogens is 1. The number of hydrogen-bond acceptors (Lipinski definition) is 3. The van der Waals surface area contributed by atoms with Gasteiger partial charge in [0.2, 0.25) is 0 Å². The maximum absolute atomic E-state index is 13.4. The molecule has 2 aromatic rings. The number of aliphatic hydroxyl groups is 1. The van der Waals surface area contributed by atoms with Gasteiger partial charge in [0.15, 0.2) is 0 Å². The Balaban J connectivity index is 1.76. The van der Waals surface area contributed by atoms with Crippen molar-refractivity contribution in [2.24, 2.45) is 0 Å². The van der Waals surface area contributed by atoms with Gasteiger partial charge in [0.25, 0.3) is 0 Å². The van der Waals surface area contributed by atoms with Crippen molar-refractivity contribution in [3.8, 4) is 5.75 Å². The van der Waals surface area contributed by atoms with Crippen molar-refractivity contribution in [3.63, 3.8) is 0 Å². The molecule has 1 heterocycles. The molecule has 0 aliphatic carbocycles. The Bertz CT molecular complexity index is 642. The van der Waals surface area contributed by atoms with Gasteiger partial charge < -0.3 is 9.84 Å². The van der Waals surface area contributed by atoms with Crippen molar-refractivity contribution in [3.05, 3.63) is 59.4 Å². The van der Waals surface area contributed by atoms with Crippen LogP contribution < -0.4 is 4.74 Å². The Labute approximate surface area is 128 Å². The number of fused-ring (bicyclic) bond motifs is 1. The highest BCUT2D eigenvalue weighted by atomic mass is 32.2. The molecule has 1 aliphatic heterocycles. The van der Waals surface area contributed by atoms with E-state index in [1.165, 1.54) is 22.6 Å². The van der Waals surface area contributed by atoms with Gasteiger partial charge in [-0.25, -0.2) is 4.39 Å². The van der Waals surface area contributed by atoms with Crippen LogP contribution in [0.2, 0.25) is 0 Å². The van der Waals surface area contributed by atoms with Crippen LogP contribution in [-0.4, -0.2) is 17.5 Å². The molecule has 1 aliphatic rings. The molecule has 0 saturated heterocycles. The Morgan fingerprint density at radius 1 is 1.33 bits per heavy atom. The quantitative estimate of drug-likeness (QED) is 0.920. The van der Waals surface area contributed by atoms with Crippen LogP contribution in [0, 0.1) is 5.82 Å². The smallest absolute Gasteiger partial charge is 0.128 e. The van der Waals surface area contributed by atoms with Gasteiger partial charge in [0.1, 0.15) is 11.6 Å². The average molecular weight is 304 g/mol. The zero-order valence-electron chi connectivity index (χ0n) is 11.8. The molecule has 0 amide bonds. The molecule has 0 fully saturated rings. The predicted molar refractivity (Wildman–Crippen MR) is 82.4 cm³/mol. The van der Waals surface area contributed by atoms with Crippen molar-refractivity contribution >= 4 is 11.8 Å². The summed E-state index contributed by atoms with van der Waals surface area (Å²) in [4.78, 5) is 1.29. The standard InChI is InChI=1S/C17H17FO2S/c1-11(19)14-7-6-13(18)8-16(14)20-9-12-10-21-17-5-3-2-4-15(12)17/h2-8,11-12,19H,9-10H2,1H3. The number of benzene rings is 2. The summed E-state index contributed by atoms with van der Waals surface area (Å²) in [5.41, 5.74) is 1.91. The van der Waals surface area contributed by atoms with E-state index in [2.05, 4.69) is 12.1 Å². The molecule has 0 aromatic heterocycles. The molecule has 2 nitrogen and oxygen atoms in total. The molecular formula is C17H17FO2S. The van der Waals surface area contributed by atoms with Crippen molar-refractivity contribution < 1.29 is 14.2 Å². The molecule has 0 radical (unpaired) electrons. The summed E-state index contributed by atoms with van der Waals surface area (Å²) >= 11 is 1.82. The molecule has 2 atom stereocenters. The van der Waals surface area contributed by atoms with Gasteiger partial charge in [-0.05, 0) is 30.7 Å². The van der Waals surface area contributed by atoms with Gasteiger partial charge in [-0.3, -0.25) is 0 Å². The molecule has 0 saturated carbocycles. The fraction of sp³-hybridized carbons (Fsp3) is 0.294. The fourth-order valence-electron chi connectivity index (χ4n) is 2.54. The zero-order valence-corrected chi connectivity index (χ0v) is 12.6. The van der Waals surface area contributed by atoms with Crippen molar-refractivity contribution in [2.45, 2.75) is 23.8 Å². The molecule has 2 unspecified atom stereocenters. The molecule has 0 bridgehead atoms. The first-order chi connectivity index (χ1) is 10.1. The third-order valence-corrected chi connectivity index (χ3v) is 4.92. The average Bonchev–Trinajstić information content (AvgIpc) is 2.88. The maximum atomic E-state index is 13.4. The Morgan fingerprint density at radius 3 is 2.95 bits per heavy atom. The highest BCUT2D eigenvalue weighted by molar-refractivity contribution is 7.99. The minimum Gasteiger partial charge on any atom is -0.492 e. The topological polar surface area (TPSA) is 29.5 Å². The molecule has 0 spiro atoms. The highest BCUT2D eigenvalue weighted by Crippen LogP contribution is 2.39. The summed E-state index contributed by atoms with van der Waals surface area (Å²) in [7, 11) is 0. The van der Waals surface area contributed by atoms with Gasteiger partial charge in [-0.2, -0.15) is 0 Å². The van der Waals surface area contributed by atoms with Crippen LogP contribution >= 0.6 is 11.8 Å². The van der Waals surface area contributed by atoms with Gasteiger partial charge in [0.05, 0.1) is 12.7 Å². The second kappa shape index (κ2) is 6.08. The molecule has 2 aromatic carbocycles. The van der Waals surface area contributed by atoms with E-state index in [-0.39, 0.29) is 5.82 Å². The van der Waals surface area contributed by atoms with E-state index in [9.17, 15) is 9.50 Å². The fourth-order valence-corrected chi connectivity index (χ4v) is 3.77. The second-order valence-electron chi connectivity index (χ2n) is 5.21. The van der Waals surface area contributed by atoms with Crippen LogP contribution in [0.1, 0.15) is 30.1 Å². The van der Waals surface area contributed by atoms with Crippen LogP contribution in [0.25, 0.3) is 0 Å². The number of aliphatic hydroxyl groups excluding tert-OH is 1. The first-order valence-corrected chi connectivity index (χ1v) is 7.95. The van der Waals surface area contributed by atoms with Crippen LogP contribution in [0.4, 0.5) is 4.39 Å². The summed E-state index contributed by atoms with van der Waals surface area (Å²) < 4.78 is 19.2. The number of ether oxygens (including phenoxy) is 1. The molecule has 21 heavy (non-hydrogen) atoms. The van der Waals surface area contributed by atoms with Gasteiger partial charge in [-0.1, -0.05) is 18.2 Å². The summed E-state index contributed by atoms with van der Waals surface area (Å²) in [6.07, 6.45) is -0.675. The number of hydrogen-bond donors (Lipinski definition) is 1. The minimum absolute atomic E-state index is 0.302. The summed E-state index contributed by atoms with van der Waals surface area (Å²) in [6, 6.07) is 12.6. The third kappa shape index (κ3) is 3.06. The first kappa shape index (κ1) is 14.4. The lowest BCUT2D eigenvalue weighted by atomic mass is 10.0. The van der Waals surface area contributed by atoms with Gasteiger partial charge >= 0.3 is 0 Å². The van der Waals surface area contributed by atoms with E-state index in [4.69, 9.17) is 4.74 Å². The molecule has 1 N–H and O–H groups in total. The molecule has 110 valence electrons. The number of rotatable bonds is 4. The zero-order chi connectivity index (χ0) is 14.8. The molecular weight excluding hydrogens is 287 g/mol. The van der Waals surface area contributed by atoms with E-state index < -0.39 is 6.10 Å². The highest BCUT2D eigenvalue weighted by Gasteiger charge is 2.23. The van der Waals surface area contributed by atoms with Gasteiger partial charge in [-0.15, -0.1) is 11.8 Å².